The second-order valence-corrected chi connectivity index (χ2v) is 10.6. The highest BCUT2D eigenvalue weighted by Gasteiger charge is 2.21. The maximum Gasteiger partial charge on any atom is 0.267 e. The maximum atomic E-state index is 13.5. The van der Waals surface area contributed by atoms with Gasteiger partial charge in [0, 0.05) is 13.1 Å². The zero-order chi connectivity index (χ0) is 25.1. The molecular formula is C27H33N5O2S. The third-order valence-electron chi connectivity index (χ3n) is 5.85. The molecule has 0 aliphatic rings. The van der Waals surface area contributed by atoms with Crippen molar-refractivity contribution in [2.75, 3.05) is 18.8 Å². The lowest BCUT2D eigenvalue weighted by atomic mass is 10.1. The number of amides is 1. The monoisotopic (exact) mass is 491 g/mol. The number of fused-ring (bicyclic) bond motifs is 3. The quantitative estimate of drug-likeness (QED) is 0.314. The van der Waals surface area contributed by atoms with E-state index in [1.54, 1.807) is 4.57 Å². The molecule has 0 fully saturated rings. The third kappa shape index (κ3) is 5.27. The Morgan fingerprint density at radius 2 is 1.63 bits per heavy atom. The summed E-state index contributed by atoms with van der Waals surface area (Å²) in [6.45, 7) is 12.1. The van der Waals surface area contributed by atoms with Crippen LogP contribution in [0, 0.1) is 11.8 Å². The predicted octanol–water partition coefficient (Wildman–Crippen LogP) is 4.83. The summed E-state index contributed by atoms with van der Waals surface area (Å²) < 4.78 is 3.49. The minimum atomic E-state index is -0.141. The van der Waals surface area contributed by atoms with Gasteiger partial charge in [0.25, 0.3) is 5.56 Å². The fraction of sp³-hybridized carbons (Fsp3) is 0.407. The number of thioether (sulfide) groups is 1. The number of hydrogen-bond acceptors (Lipinski definition) is 5. The van der Waals surface area contributed by atoms with Gasteiger partial charge in [-0.3, -0.25) is 14.0 Å². The largest absolute Gasteiger partial charge is 0.341 e. The number of para-hydroxylation sites is 1. The fourth-order valence-corrected chi connectivity index (χ4v) is 5.11. The van der Waals surface area contributed by atoms with E-state index in [-0.39, 0.29) is 17.2 Å². The molecule has 0 unspecified atom stereocenters. The van der Waals surface area contributed by atoms with Crippen LogP contribution in [0.5, 0.6) is 0 Å². The second kappa shape index (κ2) is 10.6. The molecule has 184 valence electrons. The van der Waals surface area contributed by atoms with E-state index in [1.807, 2.05) is 57.8 Å². The Bertz CT molecular complexity index is 1380. The Hall–Kier alpha value is -3.13. The van der Waals surface area contributed by atoms with E-state index in [1.165, 1.54) is 17.3 Å². The Morgan fingerprint density at radius 1 is 0.971 bits per heavy atom. The molecule has 0 aliphatic carbocycles. The Labute approximate surface area is 210 Å². The van der Waals surface area contributed by atoms with Crippen molar-refractivity contribution in [1.29, 1.82) is 0 Å². The molecule has 0 bridgehead atoms. The minimum Gasteiger partial charge on any atom is -0.341 e. The fourth-order valence-electron chi connectivity index (χ4n) is 4.26. The Balaban J connectivity index is 1.76. The molecular weight excluding hydrogens is 458 g/mol. The number of carbonyl (C=O) groups is 1. The third-order valence-corrected chi connectivity index (χ3v) is 6.76. The molecule has 7 nitrogen and oxygen atoms in total. The number of aryl methyl sites for hydroxylation is 1. The van der Waals surface area contributed by atoms with Crippen LogP contribution in [0.15, 0.2) is 58.5 Å². The van der Waals surface area contributed by atoms with E-state index in [4.69, 9.17) is 0 Å². The predicted molar refractivity (Wildman–Crippen MR) is 142 cm³/mol. The molecule has 0 radical (unpaired) electrons. The van der Waals surface area contributed by atoms with Gasteiger partial charge >= 0.3 is 0 Å². The van der Waals surface area contributed by atoms with E-state index in [0.717, 1.165) is 30.7 Å². The van der Waals surface area contributed by atoms with Crippen molar-refractivity contribution in [1.82, 2.24) is 24.1 Å². The summed E-state index contributed by atoms with van der Waals surface area (Å²) in [5.41, 5.74) is 2.53. The minimum absolute atomic E-state index is 0.0851. The van der Waals surface area contributed by atoms with Gasteiger partial charge in [0.1, 0.15) is 0 Å². The molecule has 2 aromatic heterocycles. The van der Waals surface area contributed by atoms with Gasteiger partial charge in [-0.25, -0.2) is 4.57 Å². The summed E-state index contributed by atoms with van der Waals surface area (Å²) in [5.74, 6) is 1.58. The van der Waals surface area contributed by atoms with Gasteiger partial charge < -0.3 is 4.90 Å². The lowest BCUT2D eigenvalue weighted by Gasteiger charge is -2.26. The Morgan fingerprint density at radius 3 is 2.26 bits per heavy atom. The van der Waals surface area contributed by atoms with Crippen molar-refractivity contribution in [3.8, 4) is 5.69 Å². The number of rotatable bonds is 9. The van der Waals surface area contributed by atoms with E-state index in [0.29, 0.717) is 28.2 Å². The molecule has 35 heavy (non-hydrogen) atoms. The highest BCUT2D eigenvalue weighted by Crippen LogP contribution is 2.24. The summed E-state index contributed by atoms with van der Waals surface area (Å²) >= 11 is 1.36. The molecule has 2 heterocycles. The van der Waals surface area contributed by atoms with Crippen LogP contribution in [0.3, 0.4) is 0 Å². The van der Waals surface area contributed by atoms with E-state index < -0.39 is 0 Å². The number of aromatic nitrogens is 4. The first-order valence-electron chi connectivity index (χ1n) is 12.2. The number of benzene rings is 2. The summed E-state index contributed by atoms with van der Waals surface area (Å²) in [6, 6.07) is 15.4. The number of nitrogens with zero attached hydrogens (tertiary/aromatic N) is 5. The first-order chi connectivity index (χ1) is 16.8. The van der Waals surface area contributed by atoms with Gasteiger partial charge in [-0.2, -0.15) is 0 Å². The van der Waals surface area contributed by atoms with Crippen LogP contribution < -0.4 is 5.56 Å². The average Bonchev–Trinajstić information content (AvgIpc) is 3.26. The zero-order valence-corrected chi connectivity index (χ0v) is 21.9. The number of hydrogen-bond donors (Lipinski definition) is 0. The lowest BCUT2D eigenvalue weighted by molar-refractivity contribution is -0.129. The van der Waals surface area contributed by atoms with Crippen molar-refractivity contribution in [2.45, 2.75) is 46.2 Å². The highest BCUT2D eigenvalue weighted by atomic mass is 32.2. The standard InChI is InChI=1S/C27H33N5O2S/c1-6-20-11-13-21(14-12-20)31-25(34)22-9-7-8-10-23(22)32-26(31)28-29-27(32)35-17-24(33)30(15-18(2)3)16-19(4)5/h7-14,18-19H,6,15-17H2,1-5H3. The normalized spacial score (nSPS) is 11.7. The van der Waals surface area contributed by atoms with Crippen LogP contribution in [-0.2, 0) is 11.2 Å². The maximum absolute atomic E-state index is 13.5. The summed E-state index contributed by atoms with van der Waals surface area (Å²) in [6.07, 6.45) is 0.923. The van der Waals surface area contributed by atoms with Crippen LogP contribution in [-0.4, -0.2) is 48.8 Å². The topological polar surface area (TPSA) is 72.5 Å². The molecule has 0 N–H and O–H groups in total. The van der Waals surface area contributed by atoms with Crippen molar-refractivity contribution in [2.24, 2.45) is 11.8 Å². The molecule has 8 heteroatoms. The van der Waals surface area contributed by atoms with E-state index in [2.05, 4.69) is 44.8 Å². The van der Waals surface area contributed by atoms with Crippen LogP contribution in [0.1, 0.15) is 40.2 Å². The molecule has 4 rings (SSSR count). The van der Waals surface area contributed by atoms with Crippen LogP contribution in [0.4, 0.5) is 0 Å². The summed E-state index contributed by atoms with van der Waals surface area (Å²) in [5, 5.41) is 9.98. The van der Waals surface area contributed by atoms with E-state index in [9.17, 15) is 9.59 Å². The molecule has 0 atom stereocenters. The number of carbonyl (C=O) groups excluding carboxylic acids is 1. The molecule has 0 saturated carbocycles. The zero-order valence-electron chi connectivity index (χ0n) is 21.1. The Kier molecular flexibility index (Phi) is 7.60. The van der Waals surface area contributed by atoms with Crippen LogP contribution in [0.25, 0.3) is 22.4 Å². The molecule has 0 spiro atoms. The lowest BCUT2D eigenvalue weighted by Crippen LogP contribution is -2.38. The van der Waals surface area contributed by atoms with Gasteiger partial charge in [0.05, 0.1) is 22.3 Å². The average molecular weight is 492 g/mol. The molecule has 4 aromatic rings. The highest BCUT2D eigenvalue weighted by molar-refractivity contribution is 7.99. The van der Waals surface area contributed by atoms with Crippen molar-refractivity contribution in [3.63, 3.8) is 0 Å². The first kappa shape index (κ1) is 25.0. The van der Waals surface area contributed by atoms with Crippen molar-refractivity contribution < 1.29 is 4.79 Å². The molecule has 0 aliphatic heterocycles. The molecule has 1 amide bonds. The van der Waals surface area contributed by atoms with Crippen molar-refractivity contribution >= 4 is 34.3 Å². The van der Waals surface area contributed by atoms with Gasteiger partial charge in [0.15, 0.2) is 5.16 Å². The SMILES string of the molecule is CCc1ccc(-n2c(=O)c3ccccc3n3c(SCC(=O)N(CC(C)C)CC(C)C)nnc23)cc1. The molecule has 0 saturated heterocycles. The van der Waals surface area contributed by atoms with Crippen molar-refractivity contribution in [3.05, 3.63) is 64.4 Å². The second-order valence-electron chi connectivity index (χ2n) is 9.67. The molecule has 2 aromatic carbocycles. The van der Waals surface area contributed by atoms with Gasteiger partial charge in [-0.1, -0.05) is 70.6 Å². The first-order valence-corrected chi connectivity index (χ1v) is 13.2. The summed E-state index contributed by atoms with van der Waals surface area (Å²) in [4.78, 5) is 28.5. The van der Waals surface area contributed by atoms with Crippen LogP contribution in [0.2, 0.25) is 0 Å². The summed E-state index contributed by atoms with van der Waals surface area (Å²) in [7, 11) is 0. The van der Waals surface area contributed by atoms with E-state index >= 15 is 0 Å². The smallest absolute Gasteiger partial charge is 0.267 e. The van der Waals surface area contributed by atoms with Gasteiger partial charge in [-0.05, 0) is 48.1 Å². The van der Waals surface area contributed by atoms with Crippen LogP contribution >= 0.6 is 11.8 Å². The van der Waals surface area contributed by atoms with Gasteiger partial charge in [-0.15, -0.1) is 10.2 Å². The van der Waals surface area contributed by atoms with Gasteiger partial charge in [0.2, 0.25) is 11.7 Å².